The Labute approximate surface area is 90.4 Å². The maximum absolute atomic E-state index is 13.0. The Kier molecular flexibility index (Phi) is 2.72. The molecule has 6 heteroatoms. The number of nitrogens with zero attached hydrogens (tertiary/aromatic N) is 3. The molecule has 2 rings (SSSR count). The number of benzene rings is 1. The van der Waals surface area contributed by atoms with Crippen LogP contribution in [0.4, 0.5) is 14.6 Å². The van der Waals surface area contributed by atoms with Crippen LogP contribution < -0.4 is 5.32 Å². The van der Waals surface area contributed by atoms with Crippen LogP contribution in [0.25, 0.3) is 11.4 Å². The van der Waals surface area contributed by atoms with Crippen LogP contribution >= 0.6 is 0 Å². The van der Waals surface area contributed by atoms with Crippen LogP contribution in [0, 0.1) is 11.6 Å². The van der Waals surface area contributed by atoms with Crippen molar-refractivity contribution in [2.75, 3.05) is 12.4 Å². The first-order valence-electron chi connectivity index (χ1n) is 4.53. The average molecular weight is 222 g/mol. The Morgan fingerprint density at radius 2 is 2.00 bits per heavy atom. The highest BCUT2D eigenvalue weighted by atomic mass is 19.2. The molecule has 1 aromatic heterocycles. The van der Waals surface area contributed by atoms with E-state index in [4.69, 9.17) is 0 Å². The molecule has 82 valence electrons. The SMILES string of the molecule is CNc1cnnc(-c2ccc(F)c(F)c2)n1. The average Bonchev–Trinajstić information content (AvgIpc) is 2.33. The summed E-state index contributed by atoms with van der Waals surface area (Å²) >= 11 is 0. The van der Waals surface area contributed by atoms with Crippen molar-refractivity contribution in [3.8, 4) is 11.4 Å². The molecule has 0 bridgehead atoms. The van der Waals surface area contributed by atoms with E-state index in [9.17, 15) is 8.78 Å². The molecule has 0 atom stereocenters. The van der Waals surface area contributed by atoms with Crippen molar-refractivity contribution in [3.05, 3.63) is 36.0 Å². The zero-order valence-electron chi connectivity index (χ0n) is 8.41. The molecule has 1 heterocycles. The number of anilines is 1. The third kappa shape index (κ3) is 1.95. The summed E-state index contributed by atoms with van der Waals surface area (Å²) in [7, 11) is 1.68. The van der Waals surface area contributed by atoms with Gasteiger partial charge in [-0.2, -0.15) is 5.10 Å². The van der Waals surface area contributed by atoms with E-state index in [2.05, 4.69) is 20.5 Å². The maximum Gasteiger partial charge on any atom is 0.183 e. The molecule has 0 fully saturated rings. The molecule has 0 unspecified atom stereocenters. The summed E-state index contributed by atoms with van der Waals surface area (Å²) in [6.45, 7) is 0. The summed E-state index contributed by atoms with van der Waals surface area (Å²) in [5, 5.41) is 10.2. The molecule has 0 aliphatic heterocycles. The number of hydrogen-bond acceptors (Lipinski definition) is 4. The fourth-order valence-corrected chi connectivity index (χ4v) is 1.18. The van der Waals surface area contributed by atoms with Gasteiger partial charge in [-0.15, -0.1) is 5.10 Å². The summed E-state index contributed by atoms with van der Waals surface area (Å²) in [6.07, 6.45) is 1.43. The van der Waals surface area contributed by atoms with Gasteiger partial charge in [-0.3, -0.25) is 0 Å². The van der Waals surface area contributed by atoms with Crippen LogP contribution in [0.5, 0.6) is 0 Å². The fourth-order valence-electron chi connectivity index (χ4n) is 1.18. The molecule has 0 spiro atoms. The van der Waals surface area contributed by atoms with E-state index in [1.54, 1.807) is 7.05 Å². The lowest BCUT2D eigenvalue weighted by atomic mass is 10.2. The number of nitrogens with one attached hydrogen (secondary N) is 1. The zero-order valence-corrected chi connectivity index (χ0v) is 8.41. The Bertz CT molecular complexity index is 516. The standard InChI is InChI=1S/C10H8F2N4/c1-13-9-5-14-16-10(15-9)6-2-3-7(11)8(12)4-6/h2-5H,1H3,(H,13,15,16). The summed E-state index contributed by atoms with van der Waals surface area (Å²) < 4.78 is 25.7. The molecule has 0 radical (unpaired) electrons. The number of hydrogen-bond donors (Lipinski definition) is 1. The minimum atomic E-state index is -0.934. The van der Waals surface area contributed by atoms with Crippen molar-refractivity contribution in [2.24, 2.45) is 0 Å². The van der Waals surface area contributed by atoms with Crippen LogP contribution in [0.15, 0.2) is 24.4 Å². The van der Waals surface area contributed by atoms with E-state index in [0.717, 1.165) is 12.1 Å². The molecule has 16 heavy (non-hydrogen) atoms. The van der Waals surface area contributed by atoms with Gasteiger partial charge in [0.2, 0.25) is 0 Å². The van der Waals surface area contributed by atoms with Crippen LogP contribution in [0.3, 0.4) is 0 Å². The Balaban J connectivity index is 2.46. The third-order valence-electron chi connectivity index (χ3n) is 1.99. The molecule has 0 amide bonds. The van der Waals surface area contributed by atoms with Crippen LogP contribution in [0.1, 0.15) is 0 Å². The van der Waals surface area contributed by atoms with Crippen molar-refractivity contribution >= 4 is 5.82 Å². The molecular formula is C10H8F2N4. The summed E-state index contributed by atoms with van der Waals surface area (Å²) in [5.74, 6) is -1.09. The van der Waals surface area contributed by atoms with E-state index in [1.807, 2.05) is 0 Å². The van der Waals surface area contributed by atoms with Gasteiger partial charge in [0.15, 0.2) is 17.5 Å². The first-order chi connectivity index (χ1) is 7.70. The fraction of sp³-hybridized carbons (Fsp3) is 0.100. The van der Waals surface area contributed by atoms with Gasteiger partial charge >= 0.3 is 0 Å². The van der Waals surface area contributed by atoms with E-state index >= 15 is 0 Å². The van der Waals surface area contributed by atoms with Gasteiger partial charge in [-0.1, -0.05) is 0 Å². The predicted octanol–water partition coefficient (Wildman–Crippen LogP) is 1.86. The lowest BCUT2D eigenvalue weighted by molar-refractivity contribution is 0.509. The maximum atomic E-state index is 13.0. The molecule has 2 aromatic rings. The first-order valence-corrected chi connectivity index (χ1v) is 4.53. The second kappa shape index (κ2) is 4.18. The Morgan fingerprint density at radius 3 is 2.69 bits per heavy atom. The van der Waals surface area contributed by atoms with Crippen LogP contribution in [-0.2, 0) is 0 Å². The minimum Gasteiger partial charge on any atom is -0.372 e. The first kappa shape index (κ1) is 10.4. The van der Waals surface area contributed by atoms with Gasteiger partial charge in [0.05, 0.1) is 6.20 Å². The molecule has 4 nitrogen and oxygen atoms in total. The van der Waals surface area contributed by atoms with Crippen molar-refractivity contribution in [1.29, 1.82) is 0 Å². The van der Waals surface area contributed by atoms with E-state index in [0.29, 0.717) is 11.4 Å². The van der Waals surface area contributed by atoms with Gasteiger partial charge in [0, 0.05) is 12.6 Å². The van der Waals surface area contributed by atoms with Gasteiger partial charge in [-0.05, 0) is 18.2 Å². The monoisotopic (exact) mass is 222 g/mol. The predicted molar refractivity (Wildman–Crippen MR) is 54.7 cm³/mol. The molecule has 0 saturated heterocycles. The normalized spacial score (nSPS) is 10.2. The van der Waals surface area contributed by atoms with Crippen molar-refractivity contribution in [1.82, 2.24) is 15.2 Å². The number of aromatic nitrogens is 3. The quantitative estimate of drug-likeness (QED) is 0.842. The van der Waals surface area contributed by atoms with Crippen molar-refractivity contribution < 1.29 is 8.78 Å². The van der Waals surface area contributed by atoms with E-state index in [1.165, 1.54) is 12.3 Å². The van der Waals surface area contributed by atoms with Crippen LogP contribution in [0.2, 0.25) is 0 Å². The summed E-state index contributed by atoms with van der Waals surface area (Å²) in [5.41, 5.74) is 0.378. The lowest BCUT2D eigenvalue weighted by Gasteiger charge is -2.02. The molecule has 0 saturated carbocycles. The van der Waals surface area contributed by atoms with Gasteiger partial charge in [-0.25, -0.2) is 13.8 Å². The van der Waals surface area contributed by atoms with Crippen molar-refractivity contribution in [2.45, 2.75) is 0 Å². The number of rotatable bonds is 2. The molecule has 0 aliphatic rings. The second-order valence-corrected chi connectivity index (χ2v) is 3.04. The Morgan fingerprint density at radius 1 is 1.19 bits per heavy atom. The molecule has 0 aliphatic carbocycles. The van der Waals surface area contributed by atoms with E-state index in [-0.39, 0.29) is 5.82 Å². The summed E-state index contributed by atoms with van der Waals surface area (Å²) in [4.78, 5) is 4.06. The van der Waals surface area contributed by atoms with Crippen molar-refractivity contribution in [3.63, 3.8) is 0 Å². The van der Waals surface area contributed by atoms with Crippen LogP contribution in [-0.4, -0.2) is 22.2 Å². The zero-order chi connectivity index (χ0) is 11.5. The lowest BCUT2D eigenvalue weighted by Crippen LogP contribution is -1.98. The highest BCUT2D eigenvalue weighted by molar-refractivity contribution is 5.55. The topological polar surface area (TPSA) is 50.7 Å². The highest BCUT2D eigenvalue weighted by Crippen LogP contribution is 2.18. The van der Waals surface area contributed by atoms with Gasteiger partial charge < -0.3 is 5.32 Å². The smallest absolute Gasteiger partial charge is 0.183 e. The third-order valence-corrected chi connectivity index (χ3v) is 1.99. The van der Waals surface area contributed by atoms with Gasteiger partial charge in [0.1, 0.15) is 5.82 Å². The highest BCUT2D eigenvalue weighted by Gasteiger charge is 2.07. The molecular weight excluding hydrogens is 214 g/mol. The largest absolute Gasteiger partial charge is 0.372 e. The van der Waals surface area contributed by atoms with Gasteiger partial charge in [0.25, 0.3) is 0 Å². The van der Waals surface area contributed by atoms with E-state index < -0.39 is 11.6 Å². The minimum absolute atomic E-state index is 0.241. The Hall–Kier alpha value is -2.11. The second-order valence-electron chi connectivity index (χ2n) is 3.04. The summed E-state index contributed by atoms with van der Waals surface area (Å²) in [6, 6.07) is 3.46. The molecule has 1 N–H and O–H groups in total. The number of halogens is 2. The molecule has 1 aromatic carbocycles.